The van der Waals surface area contributed by atoms with Gasteiger partial charge in [-0.15, -0.1) is 0 Å². The van der Waals surface area contributed by atoms with Crippen LogP contribution in [-0.4, -0.2) is 17.6 Å². The van der Waals surface area contributed by atoms with Gasteiger partial charge in [-0.2, -0.15) is 0 Å². The van der Waals surface area contributed by atoms with E-state index in [4.69, 9.17) is 0 Å². The van der Waals surface area contributed by atoms with Gasteiger partial charge in [0, 0.05) is 24.1 Å². The summed E-state index contributed by atoms with van der Waals surface area (Å²) >= 11 is 0. The van der Waals surface area contributed by atoms with E-state index in [9.17, 15) is 0 Å². The minimum absolute atomic E-state index is 0.573. The number of hydrogen-bond acceptors (Lipinski definition) is 2. The summed E-state index contributed by atoms with van der Waals surface area (Å²) in [5.74, 6) is 2.63. The van der Waals surface area contributed by atoms with E-state index in [0.717, 1.165) is 24.4 Å². The largest absolute Gasteiger partial charge is 0.355 e. The zero-order valence-corrected chi connectivity index (χ0v) is 16.1. The van der Waals surface area contributed by atoms with E-state index in [2.05, 4.69) is 75.9 Å². The first kappa shape index (κ1) is 16.1. The van der Waals surface area contributed by atoms with Crippen LogP contribution in [0.3, 0.4) is 0 Å². The maximum absolute atomic E-state index is 2.61. The van der Waals surface area contributed by atoms with Crippen molar-refractivity contribution in [3.05, 3.63) is 41.2 Å². The van der Waals surface area contributed by atoms with Gasteiger partial charge in [0.1, 0.15) is 0 Å². The molecule has 2 bridgehead atoms. The van der Waals surface area contributed by atoms with Crippen molar-refractivity contribution < 1.29 is 0 Å². The third-order valence-electron chi connectivity index (χ3n) is 7.42. The van der Waals surface area contributed by atoms with Gasteiger partial charge in [0.25, 0.3) is 0 Å². The molecule has 5 rings (SSSR count). The summed E-state index contributed by atoms with van der Waals surface area (Å²) in [6.45, 7) is 15.2. The lowest BCUT2D eigenvalue weighted by molar-refractivity contribution is -0.131. The Morgan fingerprint density at radius 3 is 2.25 bits per heavy atom. The van der Waals surface area contributed by atoms with Gasteiger partial charge >= 0.3 is 0 Å². The Kier molecular flexibility index (Phi) is 3.53. The highest BCUT2D eigenvalue weighted by molar-refractivity contribution is 5.62. The minimum atomic E-state index is 0.573. The van der Waals surface area contributed by atoms with Crippen molar-refractivity contribution in [2.24, 2.45) is 23.2 Å². The van der Waals surface area contributed by atoms with E-state index in [-0.39, 0.29) is 0 Å². The number of nitrogens with zero attached hydrogens (tertiary/aromatic N) is 2. The first-order valence-electron chi connectivity index (χ1n) is 9.57. The second-order valence-corrected chi connectivity index (χ2v) is 9.19. The lowest BCUT2D eigenvalue weighted by Gasteiger charge is -2.63. The second kappa shape index (κ2) is 5.28. The highest BCUT2D eigenvalue weighted by Crippen LogP contribution is 2.62. The molecule has 0 radical (unpaired) electrons. The number of rotatable bonds is 2. The van der Waals surface area contributed by atoms with Crippen molar-refractivity contribution >= 4 is 5.69 Å². The fourth-order valence-electron chi connectivity index (χ4n) is 5.98. The molecule has 1 aromatic carbocycles. The lowest BCUT2D eigenvalue weighted by atomic mass is 9.44. The quantitative estimate of drug-likeness (QED) is 0.734. The van der Waals surface area contributed by atoms with E-state index >= 15 is 0 Å². The molecule has 4 aliphatic rings. The van der Waals surface area contributed by atoms with E-state index < -0.39 is 0 Å². The fraction of sp³-hybridized carbons (Fsp3) is 0.636. The van der Waals surface area contributed by atoms with Crippen molar-refractivity contribution in [2.45, 2.75) is 60.4 Å². The maximum Gasteiger partial charge on any atom is 0.0945 e. The van der Waals surface area contributed by atoms with Crippen LogP contribution in [0.2, 0.25) is 0 Å². The third kappa shape index (κ3) is 2.22. The molecule has 0 saturated heterocycles. The molecule has 0 spiro atoms. The summed E-state index contributed by atoms with van der Waals surface area (Å²) < 4.78 is 0. The van der Waals surface area contributed by atoms with Crippen LogP contribution in [0.5, 0.6) is 0 Å². The predicted octanol–water partition coefficient (Wildman–Crippen LogP) is 5.23. The molecule has 0 aromatic heterocycles. The first-order chi connectivity index (χ1) is 11.3. The average molecular weight is 325 g/mol. The van der Waals surface area contributed by atoms with E-state index in [1.165, 1.54) is 35.2 Å². The molecule has 0 N–H and O–H groups in total. The van der Waals surface area contributed by atoms with Crippen LogP contribution in [0.4, 0.5) is 5.69 Å². The molecule has 1 heterocycles. The Morgan fingerprint density at radius 2 is 1.67 bits per heavy atom. The van der Waals surface area contributed by atoms with Crippen molar-refractivity contribution in [2.75, 3.05) is 11.6 Å². The summed E-state index contributed by atoms with van der Waals surface area (Å²) in [6.07, 6.45) is 7.47. The average Bonchev–Trinajstić information content (AvgIpc) is 2.95. The van der Waals surface area contributed by atoms with Crippen molar-refractivity contribution in [1.29, 1.82) is 0 Å². The molecule has 130 valence electrons. The molecule has 2 heteroatoms. The SMILES string of the molecule is Cc1cc(C)c(N2C=CN(C3CC4CC(C3C)C4(C)C)C2)c(C)c1. The van der Waals surface area contributed by atoms with Crippen LogP contribution < -0.4 is 4.90 Å². The van der Waals surface area contributed by atoms with E-state index in [1.807, 2.05) is 0 Å². The zero-order chi connectivity index (χ0) is 17.2. The molecule has 3 aliphatic carbocycles. The van der Waals surface area contributed by atoms with Gasteiger partial charge in [-0.3, -0.25) is 0 Å². The summed E-state index contributed by atoms with van der Waals surface area (Å²) in [5.41, 5.74) is 6.10. The van der Waals surface area contributed by atoms with Gasteiger partial charge in [-0.25, -0.2) is 0 Å². The topological polar surface area (TPSA) is 6.48 Å². The normalized spacial score (nSPS) is 33.8. The molecule has 0 amide bonds. The standard InChI is InChI=1S/C22H32N2/c1-14-9-15(2)21(16(3)10-14)24-8-7-23(13-24)20-12-18-11-19(17(20)4)22(18,5)6/h7-10,17-20H,11-13H2,1-6H3. The van der Waals surface area contributed by atoms with Crippen molar-refractivity contribution in [1.82, 2.24) is 4.90 Å². The zero-order valence-electron chi connectivity index (χ0n) is 16.1. The Labute approximate surface area is 147 Å². The Bertz CT molecular complexity index is 664. The van der Waals surface area contributed by atoms with E-state index in [0.29, 0.717) is 11.5 Å². The maximum atomic E-state index is 2.61. The molecular formula is C22H32N2. The summed E-state index contributed by atoms with van der Waals surface area (Å²) in [5, 5.41) is 0. The van der Waals surface area contributed by atoms with Crippen LogP contribution in [0.25, 0.3) is 0 Å². The third-order valence-corrected chi connectivity index (χ3v) is 7.42. The molecule has 4 atom stereocenters. The molecule has 3 saturated carbocycles. The molecular weight excluding hydrogens is 292 g/mol. The van der Waals surface area contributed by atoms with Crippen molar-refractivity contribution in [3.63, 3.8) is 0 Å². The predicted molar refractivity (Wildman–Crippen MR) is 102 cm³/mol. The lowest BCUT2D eigenvalue weighted by Crippen LogP contribution is -2.60. The Morgan fingerprint density at radius 1 is 1.00 bits per heavy atom. The van der Waals surface area contributed by atoms with Gasteiger partial charge in [-0.05, 0) is 67.9 Å². The van der Waals surface area contributed by atoms with Crippen LogP contribution in [-0.2, 0) is 0 Å². The molecule has 1 aromatic rings. The van der Waals surface area contributed by atoms with Gasteiger partial charge in [0.2, 0.25) is 0 Å². The smallest absolute Gasteiger partial charge is 0.0945 e. The van der Waals surface area contributed by atoms with Gasteiger partial charge in [0.05, 0.1) is 6.67 Å². The van der Waals surface area contributed by atoms with Gasteiger partial charge in [-0.1, -0.05) is 38.5 Å². The first-order valence-corrected chi connectivity index (χ1v) is 9.57. The highest BCUT2D eigenvalue weighted by atomic mass is 15.4. The number of fused-ring (bicyclic) bond motifs is 2. The van der Waals surface area contributed by atoms with Crippen LogP contribution in [0.15, 0.2) is 24.5 Å². The molecule has 2 nitrogen and oxygen atoms in total. The molecule has 1 aliphatic heterocycles. The van der Waals surface area contributed by atoms with E-state index in [1.54, 1.807) is 0 Å². The summed E-state index contributed by atoms with van der Waals surface area (Å²) in [7, 11) is 0. The van der Waals surface area contributed by atoms with Crippen molar-refractivity contribution in [3.8, 4) is 0 Å². The fourth-order valence-corrected chi connectivity index (χ4v) is 5.98. The van der Waals surface area contributed by atoms with Crippen LogP contribution >= 0.6 is 0 Å². The van der Waals surface area contributed by atoms with Gasteiger partial charge < -0.3 is 9.80 Å². The number of aryl methyl sites for hydroxylation is 3. The Hall–Kier alpha value is -1.44. The monoisotopic (exact) mass is 324 g/mol. The van der Waals surface area contributed by atoms with Crippen LogP contribution in [0.1, 0.15) is 50.3 Å². The summed E-state index contributed by atoms with van der Waals surface area (Å²) in [4.78, 5) is 5.06. The number of hydrogen-bond donors (Lipinski definition) is 0. The molecule has 4 unspecified atom stereocenters. The van der Waals surface area contributed by atoms with Crippen LogP contribution in [0, 0.1) is 43.9 Å². The molecule has 3 fully saturated rings. The minimum Gasteiger partial charge on any atom is -0.355 e. The molecule has 24 heavy (non-hydrogen) atoms. The second-order valence-electron chi connectivity index (χ2n) is 9.19. The summed E-state index contributed by atoms with van der Waals surface area (Å²) in [6, 6.07) is 5.33. The number of benzene rings is 1. The Balaban J connectivity index is 1.52. The highest BCUT2D eigenvalue weighted by Gasteiger charge is 2.57. The van der Waals surface area contributed by atoms with Gasteiger partial charge in [0.15, 0.2) is 0 Å². The number of anilines is 1.